The van der Waals surface area contributed by atoms with Gasteiger partial charge in [-0.05, 0) is 65.2 Å². The fraction of sp³-hybridized carbons (Fsp3) is 0.593. The SMILES string of the molecule is C=Cc1cccc(C(C(=O)NC(C)(C)C)N(CCCCC)C(=O)C(CO)NC(=O)OC(C)(C)C)c1. The van der Waals surface area contributed by atoms with Crippen LogP contribution >= 0.6 is 0 Å². The molecule has 3 amide bonds. The maximum atomic E-state index is 13.7. The van der Waals surface area contributed by atoms with Crippen molar-refractivity contribution in [2.24, 2.45) is 0 Å². The van der Waals surface area contributed by atoms with Crippen LogP contribution in [-0.4, -0.2) is 58.2 Å². The number of nitrogens with one attached hydrogen (secondary N) is 2. The average Bonchev–Trinajstić information content (AvgIpc) is 2.74. The largest absolute Gasteiger partial charge is 0.444 e. The molecule has 0 aromatic heterocycles. The fourth-order valence-electron chi connectivity index (χ4n) is 3.50. The van der Waals surface area contributed by atoms with Crippen molar-refractivity contribution in [3.8, 4) is 0 Å². The minimum absolute atomic E-state index is 0.277. The molecule has 0 bridgehead atoms. The highest BCUT2D eigenvalue weighted by Gasteiger charge is 2.37. The predicted octanol–water partition coefficient (Wildman–Crippen LogP) is 4.19. The number of ether oxygens (including phenoxy) is 1. The van der Waals surface area contributed by atoms with E-state index in [-0.39, 0.29) is 12.5 Å². The summed E-state index contributed by atoms with van der Waals surface area (Å²) in [4.78, 5) is 41.1. The Kier molecular flexibility index (Phi) is 11.4. The quantitative estimate of drug-likeness (QED) is 0.404. The summed E-state index contributed by atoms with van der Waals surface area (Å²) >= 11 is 0. The van der Waals surface area contributed by atoms with E-state index in [1.807, 2.05) is 39.8 Å². The molecular weight excluding hydrogens is 446 g/mol. The van der Waals surface area contributed by atoms with Gasteiger partial charge >= 0.3 is 6.09 Å². The minimum atomic E-state index is -1.26. The molecule has 0 aliphatic rings. The Morgan fingerprint density at radius 2 is 1.80 bits per heavy atom. The number of alkyl carbamates (subject to hydrolysis) is 1. The maximum absolute atomic E-state index is 13.7. The number of nitrogens with zero attached hydrogens (tertiary/aromatic N) is 1. The van der Waals surface area contributed by atoms with Crippen LogP contribution in [0, 0.1) is 0 Å². The lowest BCUT2D eigenvalue weighted by Crippen LogP contribution is -2.55. The van der Waals surface area contributed by atoms with Crippen molar-refractivity contribution in [2.45, 2.75) is 91.0 Å². The first-order chi connectivity index (χ1) is 16.2. The minimum Gasteiger partial charge on any atom is -0.444 e. The number of hydrogen-bond acceptors (Lipinski definition) is 5. The Balaban J connectivity index is 3.46. The number of rotatable bonds is 11. The fourth-order valence-corrected chi connectivity index (χ4v) is 3.50. The zero-order chi connectivity index (χ0) is 26.8. The molecule has 1 rings (SSSR count). The number of aliphatic hydroxyl groups is 1. The van der Waals surface area contributed by atoms with E-state index < -0.39 is 41.8 Å². The van der Waals surface area contributed by atoms with Crippen molar-refractivity contribution in [3.63, 3.8) is 0 Å². The highest BCUT2D eigenvalue weighted by atomic mass is 16.6. The van der Waals surface area contributed by atoms with Gasteiger partial charge in [-0.2, -0.15) is 0 Å². The van der Waals surface area contributed by atoms with Gasteiger partial charge in [-0.3, -0.25) is 9.59 Å². The van der Waals surface area contributed by atoms with Gasteiger partial charge in [0.15, 0.2) is 0 Å². The van der Waals surface area contributed by atoms with Crippen molar-refractivity contribution in [1.82, 2.24) is 15.5 Å². The van der Waals surface area contributed by atoms with Crippen molar-refractivity contribution in [3.05, 3.63) is 42.0 Å². The molecule has 0 spiro atoms. The van der Waals surface area contributed by atoms with Gasteiger partial charge in [0.05, 0.1) is 6.61 Å². The molecular formula is C27H43N3O5. The zero-order valence-corrected chi connectivity index (χ0v) is 22.3. The Morgan fingerprint density at radius 1 is 1.14 bits per heavy atom. The first kappa shape index (κ1) is 30.2. The molecule has 0 aliphatic heterocycles. The molecule has 2 atom stereocenters. The highest BCUT2D eigenvalue weighted by Crippen LogP contribution is 2.25. The standard InChI is InChI=1S/C27H43N3O5/c1-9-11-12-16-30(24(33)21(18-31)28-25(34)35-27(6,7)8)22(23(32)29-26(3,4)5)20-15-13-14-19(10-2)17-20/h10,13-15,17,21-22,31H,2,9,11-12,16,18H2,1,3-8H3,(H,28,34)(H,29,32). The second kappa shape index (κ2) is 13.3. The Hall–Kier alpha value is -2.87. The van der Waals surface area contributed by atoms with Gasteiger partial charge in [0.1, 0.15) is 17.7 Å². The van der Waals surface area contributed by atoms with Crippen LogP contribution in [-0.2, 0) is 14.3 Å². The van der Waals surface area contributed by atoms with E-state index in [2.05, 4.69) is 17.2 Å². The molecule has 0 aliphatic carbocycles. The molecule has 1 aromatic carbocycles. The lowest BCUT2D eigenvalue weighted by molar-refractivity contribution is -0.144. The van der Waals surface area contributed by atoms with Gasteiger partial charge in [0, 0.05) is 12.1 Å². The molecule has 3 N–H and O–H groups in total. The second-order valence-electron chi connectivity index (χ2n) is 10.6. The third kappa shape index (κ3) is 10.5. The van der Waals surface area contributed by atoms with E-state index in [1.54, 1.807) is 39.0 Å². The predicted molar refractivity (Wildman–Crippen MR) is 139 cm³/mol. The molecule has 2 unspecified atom stereocenters. The maximum Gasteiger partial charge on any atom is 0.408 e. The van der Waals surface area contributed by atoms with Crippen molar-refractivity contribution in [2.75, 3.05) is 13.2 Å². The van der Waals surface area contributed by atoms with Gasteiger partial charge in [0.2, 0.25) is 11.8 Å². The summed E-state index contributed by atoms with van der Waals surface area (Å²) < 4.78 is 5.26. The number of hydrogen-bond donors (Lipinski definition) is 3. The monoisotopic (exact) mass is 489 g/mol. The summed E-state index contributed by atoms with van der Waals surface area (Å²) in [7, 11) is 0. The first-order valence-corrected chi connectivity index (χ1v) is 12.2. The van der Waals surface area contributed by atoms with Gasteiger partial charge in [-0.25, -0.2) is 4.79 Å². The van der Waals surface area contributed by atoms with Crippen LogP contribution in [0.15, 0.2) is 30.8 Å². The van der Waals surface area contributed by atoms with Gasteiger partial charge in [0.25, 0.3) is 0 Å². The molecule has 0 heterocycles. The third-order valence-corrected chi connectivity index (χ3v) is 4.98. The highest BCUT2D eigenvalue weighted by molar-refractivity contribution is 5.92. The average molecular weight is 490 g/mol. The normalized spacial score (nSPS) is 13.4. The summed E-state index contributed by atoms with van der Waals surface area (Å²) in [5.74, 6) is -0.912. The zero-order valence-electron chi connectivity index (χ0n) is 22.3. The molecule has 0 saturated carbocycles. The smallest absolute Gasteiger partial charge is 0.408 e. The van der Waals surface area contributed by atoms with E-state index in [0.29, 0.717) is 12.0 Å². The molecule has 196 valence electrons. The summed E-state index contributed by atoms with van der Waals surface area (Å²) in [5, 5.41) is 15.4. The molecule has 8 heteroatoms. The van der Waals surface area contributed by atoms with Crippen molar-refractivity contribution in [1.29, 1.82) is 0 Å². The van der Waals surface area contributed by atoms with Crippen LogP contribution in [0.25, 0.3) is 6.08 Å². The van der Waals surface area contributed by atoms with Crippen LogP contribution in [0.3, 0.4) is 0 Å². The van der Waals surface area contributed by atoms with Crippen LogP contribution in [0.5, 0.6) is 0 Å². The number of carbonyl (C=O) groups excluding carboxylic acids is 3. The van der Waals surface area contributed by atoms with Crippen LogP contribution < -0.4 is 10.6 Å². The number of unbranched alkanes of at least 4 members (excludes halogenated alkanes) is 2. The van der Waals surface area contributed by atoms with Gasteiger partial charge in [-0.1, -0.05) is 50.6 Å². The van der Waals surface area contributed by atoms with E-state index in [9.17, 15) is 19.5 Å². The molecule has 0 radical (unpaired) electrons. The lowest BCUT2D eigenvalue weighted by atomic mass is 9.98. The summed E-state index contributed by atoms with van der Waals surface area (Å²) in [6.07, 6.45) is 3.29. The Bertz CT molecular complexity index is 870. The molecule has 35 heavy (non-hydrogen) atoms. The van der Waals surface area contributed by atoms with Crippen LogP contribution in [0.2, 0.25) is 0 Å². The van der Waals surface area contributed by atoms with Crippen molar-refractivity contribution < 1.29 is 24.2 Å². The third-order valence-electron chi connectivity index (χ3n) is 4.98. The number of aliphatic hydroxyl groups excluding tert-OH is 1. The van der Waals surface area contributed by atoms with E-state index in [4.69, 9.17) is 4.74 Å². The van der Waals surface area contributed by atoms with E-state index >= 15 is 0 Å². The summed E-state index contributed by atoms with van der Waals surface area (Å²) in [6, 6.07) is 5.04. The number of amides is 3. The van der Waals surface area contributed by atoms with Crippen molar-refractivity contribution >= 4 is 24.0 Å². The topological polar surface area (TPSA) is 108 Å². The van der Waals surface area contributed by atoms with E-state index in [1.165, 1.54) is 4.90 Å². The molecule has 1 aromatic rings. The number of carbonyl (C=O) groups is 3. The first-order valence-electron chi connectivity index (χ1n) is 12.2. The molecule has 0 fully saturated rings. The Labute approximate surface area is 210 Å². The number of benzene rings is 1. The molecule has 8 nitrogen and oxygen atoms in total. The molecule has 0 saturated heterocycles. The van der Waals surface area contributed by atoms with E-state index in [0.717, 1.165) is 18.4 Å². The summed E-state index contributed by atoms with van der Waals surface area (Å²) in [6.45, 7) is 16.2. The van der Waals surface area contributed by atoms with Crippen LogP contribution in [0.4, 0.5) is 4.79 Å². The Morgan fingerprint density at radius 3 is 2.31 bits per heavy atom. The lowest BCUT2D eigenvalue weighted by Gasteiger charge is -2.36. The van der Waals surface area contributed by atoms with Crippen LogP contribution in [0.1, 0.15) is 84.9 Å². The second-order valence-corrected chi connectivity index (χ2v) is 10.6. The van der Waals surface area contributed by atoms with Gasteiger partial charge < -0.3 is 25.4 Å². The summed E-state index contributed by atoms with van der Waals surface area (Å²) in [5.41, 5.74) is 0.119. The van der Waals surface area contributed by atoms with Gasteiger partial charge in [-0.15, -0.1) is 0 Å².